The van der Waals surface area contributed by atoms with Crippen LogP contribution in [0.5, 0.6) is 11.5 Å². The van der Waals surface area contributed by atoms with Gasteiger partial charge in [0.25, 0.3) is 0 Å². The summed E-state index contributed by atoms with van der Waals surface area (Å²) in [5.41, 5.74) is 0.680. The lowest BCUT2D eigenvalue weighted by atomic mass is 9.84. The molecule has 21 heavy (non-hydrogen) atoms. The maximum absolute atomic E-state index is 11.5. The van der Waals surface area contributed by atoms with Gasteiger partial charge in [-0.05, 0) is 44.1 Å². The van der Waals surface area contributed by atoms with E-state index in [-0.39, 0.29) is 35.4 Å². The molecule has 0 radical (unpaired) electrons. The number of phenolic OH excluding ortho intramolecular Hbond substituents is 2. The number of carbonyl (C=O) groups is 1. The van der Waals surface area contributed by atoms with Crippen LogP contribution in [0.3, 0.4) is 0 Å². The summed E-state index contributed by atoms with van der Waals surface area (Å²) >= 11 is 0. The number of fused-ring (bicyclic) bond motifs is 2. The summed E-state index contributed by atoms with van der Waals surface area (Å²) in [5.74, 6) is -0.299. The van der Waals surface area contributed by atoms with E-state index < -0.39 is 5.97 Å². The van der Waals surface area contributed by atoms with Crippen LogP contribution in [-0.4, -0.2) is 27.3 Å². The first kappa shape index (κ1) is 14.2. The smallest absolute Gasteiger partial charge is 0.308 e. The lowest BCUT2D eigenvalue weighted by Crippen LogP contribution is -2.45. The molecule has 0 saturated heterocycles. The summed E-state index contributed by atoms with van der Waals surface area (Å²) < 4.78 is 0. The molecule has 0 aromatic heterocycles. The molecule has 0 amide bonds. The number of aliphatic carboxylic acids is 1. The number of benzene rings is 1. The van der Waals surface area contributed by atoms with Crippen molar-refractivity contribution in [3.05, 3.63) is 23.8 Å². The molecule has 2 saturated carbocycles. The van der Waals surface area contributed by atoms with Gasteiger partial charge >= 0.3 is 5.97 Å². The average molecular weight is 291 g/mol. The van der Waals surface area contributed by atoms with E-state index in [4.69, 9.17) is 0 Å². The van der Waals surface area contributed by atoms with Gasteiger partial charge in [0.05, 0.1) is 5.92 Å². The Balaban J connectivity index is 1.77. The summed E-state index contributed by atoms with van der Waals surface area (Å²) in [6.45, 7) is 1.91. The van der Waals surface area contributed by atoms with Crippen LogP contribution in [0.15, 0.2) is 18.2 Å². The van der Waals surface area contributed by atoms with Gasteiger partial charge in [-0.25, -0.2) is 0 Å². The van der Waals surface area contributed by atoms with Gasteiger partial charge in [-0.2, -0.15) is 0 Å². The van der Waals surface area contributed by atoms with Crippen molar-refractivity contribution in [2.45, 2.75) is 38.3 Å². The van der Waals surface area contributed by atoms with E-state index in [0.717, 1.165) is 19.3 Å². The van der Waals surface area contributed by atoms with E-state index in [1.54, 1.807) is 6.07 Å². The second-order valence-electron chi connectivity index (χ2n) is 6.35. The molecule has 5 unspecified atom stereocenters. The minimum atomic E-state index is -0.721. The molecule has 114 valence electrons. The molecule has 5 atom stereocenters. The van der Waals surface area contributed by atoms with Crippen molar-refractivity contribution in [2.75, 3.05) is 0 Å². The molecular weight excluding hydrogens is 270 g/mol. The molecule has 2 aliphatic carbocycles. The van der Waals surface area contributed by atoms with Crippen molar-refractivity contribution in [3.63, 3.8) is 0 Å². The number of phenols is 2. The molecule has 5 nitrogen and oxygen atoms in total. The van der Waals surface area contributed by atoms with Crippen LogP contribution < -0.4 is 5.32 Å². The standard InChI is InChI=1S/C16H21NO4/c1-8(12-5-4-11(18)7-13(12)19)17-15-10-3-2-9(6-10)14(15)16(20)21/h4-5,7-10,14-15,17-19H,2-3,6H2,1H3,(H,20,21). The largest absolute Gasteiger partial charge is 0.508 e. The number of carboxylic acid groups (broad SMARTS) is 1. The Morgan fingerprint density at radius 3 is 2.67 bits per heavy atom. The average Bonchev–Trinajstić information content (AvgIpc) is 2.98. The van der Waals surface area contributed by atoms with Gasteiger partial charge in [0.2, 0.25) is 0 Å². The topological polar surface area (TPSA) is 89.8 Å². The number of aromatic hydroxyl groups is 2. The Morgan fingerprint density at radius 2 is 2.00 bits per heavy atom. The summed E-state index contributed by atoms with van der Waals surface area (Å²) in [6, 6.07) is 4.32. The highest BCUT2D eigenvalue weighted by Crippen LogP contribution is 2.49. The van der Waals surface area contributed by atoms with Crippen molar-refractivity contribution in [1.29, 1.82) is 0 Å². The van der Waals surface area contributed by atoms with Gasteiger partial charge in [0.15, 0.2) is 0 Å². The Hall–Kier alpha value is -1.75. The summed E-state index contributed by atoms with van der Waals surface area (Å²) in [7, 11) is 0. The summed E-state index contributed by atoms with van der Waals surface area (Å²) in [6.07, 6.45) is 3.09. The molecule has 1 aromatic rings. The maximum atomic E-state index is 11.5. The molecule has 2 fully saturated rings. The second-order valence-corrected chi connectivity index (χ2v) is 6.35. The molecule has 0 heterocycles. The number of hydrogen-bond donors (Lipinski definition) is 4. The van der Waals surface area contributed by atoms with Crippen LogP contribution in [0.2, 0.25) is 0 Å². The van der Waals surface area contributed by atoms with Gasteiger partial charge in [0, 0.05) is 23.7 Å². The van der Waals surface area contributed by atoms with Crippen molar-refractivity contribution < 1.29 is 20.1 Å². The Morgan fingerprint density at radius 1 is 1.29 bits per heavy atom. The molecule has 3 rings (SSSR count). The number of carboxylic acids is 1. The molecular formula is C16H21NO4. The van der Waals surface area contributed by atoms with Gasteiger partial charge < -0.3 is 20.6 Å². The lowest BCUT2D eigenvalue weighted by Gasteiger charge is -2.32. The third kappa shape index (κ3) is 2.46. The molecule has 5 heteroatoms. The highest BCUT2D eigenvalue weighted by atomic mass is 16.4. The first-order valence-electron chi connectivity index (χ1n) is 7.48. The zero-order valence-corrected chi connectivity index (χ0v) is 12.0. The van der Waals surface area contributed by atoms with E-state index in [1.165, 1.54) is 12.1 Å². The zero-order chi connectivity index (χ0) is 15.1. The van der Waals surface area contributed by atoms with Crippen molar-refractivity contribution in [3.8, 4) is 11.5 Å². The molecule has 0 aliphatic heterocycles. The highest BCUT2D eigenvalue weighted by molar-refractivity contribution is 5.72. The van der Waals surface area contributed by atoms with Crippen molar-refractivity contribution in [2.24, 2.45) is 17.8 Å². The quantitative estimate of drug-likeness (QED) is 0.683. The molecule has 0 spiro atoms. The molecule has 2 aliphatic rings. The fourth-order valence-electron chi connectivity index (χ4n) is 4.16. The van der Waals surface area contributed by atoms with E-state index in [1.807, 2.05) is 6.92 Å². The SMILES string of the molecule is CC(NC1C2CCC(C2)C1C(=O)O)c1ccc(O)cc1O. The number of nitrogens with one attached hydrogen (secondary N) is 1. The monoisotopic (exact) mass is 291 g/mol. The van der Waals surface area contributed by atoms with E-state index in [2.05, 4.69) is 5.32 Å². The van der Waals surface area contributed by atoms with Crippen LogP contribution >= 0.6 is 0 Å². The third-order valence-corrected chi connectivity index (χ3v) is 5.12. The Labute approximate surface area is 123 Å². The summed E-state index contributed by atoms with van der Waals surface area (Å²) in [5, 5.41) is 32.1. The van der Waals surface area contributed by atoms with Crippen LogP contribution in [0.4, 0.5) is 0 Å². The van der Waals surface area contributed by atoms with Crippen LogP contribution in [0, 0.1) is 17.8 Å². The fourth-order valence-corrected chi connectivity index (χ4v) is 4.16. The van der Waals surface area contributed by atoms with E-state index in [9.17, 15) is 20.1 Å². The van der Waals surface area contributed by atoms with Crippen LogP contribution in [0.1, 0.15) is 37.8 Å². The third-order valence-electron chi connectivity index (χ3n) is 5.12. The number of hydrogen-bond acceptors (Lipinski definition) is 4. The highest BCUT2D eigenvalue weighted by Gasteiger charge is 2.51. The molecule has 4 N–H and O–H groups in total. The molecule has 2 bridgehead atoms. The van der Waals surface area contributed by atoms with Gasteiger partial charge in [-0.1, -0.05) is 6.07 Å². The Bertz CT molecular complexity index is 559. The minimum absolute atomic E-state index is 0.0202. The predicted octanol–water partition coefficient (Wildman–Crippen LogP) is 2.25. The number of rotatable bonds is 4. The Kier molecular flexibility index (Phi) is 3.53. The minimum Gasteiger partial charge on any atom is -0.508 e. The lowest BCUT2D eigenvalue weighted by molar-refractivity contribution is -0.144. The van der Waals surface area contributed by atoms with Crippen LogP contribution in [-0.2, 0) is 4.79 Å². The first-order chi connectivity index (χ1) is 9.97. The fraction of sp³-hybridized carbons (Fsp3) is 0.562. The molecule has 1 aromatic carbocycles. The predicted molar refractivity (Wildman–Crippen MR) is 77.1 cm³/mol. The zero-order valence-electron chi connectivity index (χ0n) is 12.0. The van der Waals surface area contributed by atoms with Gasteiger partial charge in [-0.3, -0.25) is 4.79 Å². The summed E-state index contributed by atoms with van der Waals surface area (Å²) in [4.78, 5) is 11.5. The second kappa shape index (κ2) is 5.22. The van der Waals surface area contributed by atoms with E-state index in [0.29, 0.717) is 11.5 Å². The van der Waals surface area contributed by atoms with Gasteiger partial charge in [0.1, 0.15) is 11.5 Å². The van der Waals surface area contributed by atoms with Crippen molar-refractivity contribution >= 4 is 5.97 Å². The maximum Gasteiger partial charge on any atom is 0.308 e. The van der Waals surface area contributed by atoms with Gasteiger partial charge in [-0.15, -0.1) is 0 Å². The first-order valence-corrected chi connectivity index (χ1v) is 7.48. The normalized spacial score (nSPS) is 32.2. The van der Waals surface area contributed by atoms with E-state index >= 15 is 0 Å². The van der Waals surface area contributed by atoms with Crippen molar-refractivity contribution in [1.82, 2.24) is 5.32 Å². The van der Waals surface area contributed by atoms with Crippen LogP contribution in [0.25, 0.3) is 0 Å².